The molecule has 1 unspecified atom stereocenters. The Kier molecular flexibility index (Phi) is 4.51. The summed E-state index contributed by atoms with van der Waals surface area (Å²) in [5.74, 6) is 0. The zero-order valence-electron chi connectivity index (χ0n) is 10.6. The third-order valence-electron chi connectivity index (χ3n) is 2.99. The van der Waals surface area contributed by atoms with Crippen LogP contribution in [0.1, 0.15) is 22.7 Å². The fourth-order valence-electron chi connectivity index (χ4n) is 1.98. The first-order chi connectivity index (χ1) is 9.19. The lowest BCUT2D eigenvalue weighted by molar-refractivity contribution is 0.557. The highest BCUT2D eigenvalue weighted by Gasteiger charge is 2.11. The fraction of sp³-hybridized carbons (Fsp3) is 0.188. The molecule has 0 saturated heterocycles. The van der Waals surface area contributed by atoms with Crippen LogP contribution in [0.3, 0.4) is 0 Å². The Morgan fingerprint density at radius 3 is 2.58 bits per heavy atom. The van der Waals surface area contributed by atoms with Crippen molar-refractivity contribution in [3.63, 3.8) is 0 Å². The van der Waals surface area contributed by atoms with Crippen molar-refractivity contribution in [2.45, 2.75) is 19.4 Å². The number of halogens is 1. The molecular formula is C16H14ClNO. The molecule has 1 atom stereocenters. The number of isocyanates is 1. The minimum atomic E-state index is -0.212. The standard InChI is InChI=1S/C16H14ClNO/c1-12-5-7-14(8-6-12)16(18-11-19)10-13-3-2-4-15(17)9-13/h2-9,16H,10H2,1H3. The van der Waals surface area contributed by atoms with Crippen molar-refractivity contribution in [3.8, 4) is 0 Å². The summed E-state index contributed by atoms with van der Waals surface area (Å²) < 4.78 is 0. The van der Waals surface area contributed by atoms with Gasteiger partial charge >= 0.3 is 0 Å². The number of benzene rings is 2. The van der Waals surface area contributed by atoms with E-state index in [0.29, 0.717) is 11.4 Å². The van der Waals surface area contributed by atoms with Crippen LogP contribution in [-0.2, 0) is 11.2 Å². The van der Waals surface area contributed by atoms with E-state index in [-0.39, 0.29) is 6.04 Å². The van der Waals surface area contributed by atoms with Crippen LogP contribution < -0.4 is 0 Å². The summed E-state index contributed by atoms with van der Waals surface area (Å²) in [7, 11) is 0. The summed E-state index contributed by atoms with van der Waals surface area (Å²) in [5.41, 5.74) is 3.24. The summed E-state index contributed by atoms with van der Waals surface area (Å²) >= 11 is 5.96. The van der Waals surface area contributed by atoms with E-state index >= 15 is 0 Å². The third-order valence-corrected chi connectivity index (χ3v) is 3.22. The van der Waals surface area contributed by atoms with E-state index < -0.39 is 0 Å². The molecule has 19 heavy (non-hydrogen) atoms. The molecule has 0 radical (unpaired) electrons. The summed E-state index contributed by atoms with van der Waals surface area (Å²) in [5, 5.41) is 0.690. The molecule has 0 N–H and O–H groups in total. The summed E-state index contributed by atoms with van der Waals surface area (Å²) in [6.45, 7) is 2.03. The SMILES string of the molecule is Cc1ccc(C(Cc2cccc(Cl)c2)N=C=O)cc1. The van der Waals surface area contributed by atoms with Gasteiger partial charge in [-0.3, -0.25) is 0 Å². The highest BCUT2D eigenvalue weighted by atomic mass is 35.5. The average Bonchev–Trinajstić information content (AvgIpc) is 2.39. The lowest BCUT2D eigenvalue weighted by Gasteiger charge is -2.11. The normalized spacial score (nSPS) is 11.7. The van der Waals surface area contributed by atoms with E-state index in [4.69, 9.17) is 11.6 Å². The Balaban J connectivity index is 2.26. The molecule has 0 saturated carbocycles. The molecule has 2 aromatic carbocycles. The zero-order chi connectivity index (χ0) is 13.7. The Hall–Kier alpha value is -1.89. The first-order valence-electron chi connectivity index (χ1n) is 6.07. The Morgan fingerprint density at radius 2 is 1.95 bits per heavy atom. The highest BCUT2D eigenvalue weighted by Crippen LogP contribution is 2.23. The lowest BCUT2D eigenvalue weighted by Crippen LogP contribution is -2.00. The first-order valence-corrected chi connectivity index (χ1v) is 6.45. The van der Waals surface area contributed by atoms with Gasteiger partial charge < -0.3 is 0 Å². The van der Waals surface area contributed by atoms with Crippen LogP contribution in [0.4, 0.5) is 0 Å². The number of aliphatic imine (C=N–C) groups is 1. The molecule has 0 spiro atoms. The van der Waals surface area contributed by atoms with Gasteiger partial charge in [-0.25, -0.2) is 4.79 Å². The molecule has 0 bridgehead atoms. The molecule has 3 heteroatoms. The quantitative estimate of drug-likeness (QED) is 0.603. The van der Waals surface area contributed by atoms with E-state index in [9.17, 15) is 4.79 Å². The van der Waals surface area contributed by atoms with Gasteiger partial charge in [0.2, 0.25) is 6.08 Å². The highest BCUT2D eigenvalue weighted by molar-refractivity contribution is 6.30. The topological polar surface area (TPSA) is 29.4 Å². The lowest BCUT2D eigenvalue weighted by atomic mass is 9.99. The van der Waals surface area contributed by atoms with E-state index in [2.05, 4.69) is 4.99 Å². The molecular weight excluding hydrogens is 258 g/mol. The molecule has 0 aliphatic heterocycles. The number of hydrogen-bond acceptors (Lipinski definition) is 2. The monoisotopic (exact) mass is 271 g/mol. The minimum absolute atomic E-state index is 0.212. The molecule has 2 rings (SSSR count). The van der Waals surface area contributed by atoms with Crippen molar-refractivity contribution < 1.29 is 4.79 Å². The largest absolute Gasteiger partial charge is 0.235 e. The molecule has 0 aromatic heterocycles. The molecule has 0 fully saturated rings. The predicted octanol–water partition coefficient (Wildman–Crippen LogP) is 4.27. The van der Waals surface area contributed by atoms with Gasteiger partial charge in [0.05, 0.1) is 6.04 Å². The molecule has 96 valence electrons. The van der Waals surface area contributed by atoms with Crippen LogP contribution in [0.25, 0.3) is 0 Å². The van der Waals surface area contributed by atoms with Crippen LogP contribution in [0.2, 0.25) is 5.02 Å². The van der Waals surface area contributed by atoms with Crippen LogP contribution in [0.15, 0.2) is 53.5 Å². The van der Waals surface area contributed by atoms with Crippen molar-refractivity contribution >= 4 is 17.7 Å². The van der Waals surface area contributed by atoms with E-state index in [1.54, 1.807) is 6.08 Å². The average molecular weight is 272 g/mol. The second-order valence-corrected chi connectivity index (χ2v) is 4.92. The number of carbonyl (C=O) groups excluding carboxylic acids is 1. The fourth-order valence-corrected chi connectivity index (χ4v) is 2.19. The second kappa shape index (κ2) is 6.33. The number of nitrogens with zero attached hydrogens (tertiary/aromatic N) is 1. The molecule has 2 nitrogen and oxygen atoms in total. The van der Waals surface area contributed by atoms with Crippen LogP contribution in [0.5, 0.6) is 0 Å². The van der Waals surface area contributed by atoms with Crippen LogP contribution >= 0.6 is 11.6 Å². The maximum atomic E-state index is 10.6. The van der Waals surface area contributed by atoms with Gasteiger partial charge in [-0.1, -0.05) is 53.6 Å². The van der Waals surface area contributed by atoms with Gasteiger partial charge in [0.25, 0.3) is 0 Å². The molecule has 0 aliphatic rings. The smallest absolute Gasteiger partial charge is 0.211 e. The summed E-state index contributed by atoms with van der Waals surface area (Å²) in [6.07, 6.45) is 2.30. The van der Waals surface area contributed by atoms with Gasteiger partial charge in [-0.05, 0) is 36.6 Å². The maximum absolute atomic E-state index is 10.6. The second-order valence-electron chi connectivity index (χ2n) is 4.48. The van der Waals surface area contributed by atoms with Gasteiger partial charge in [-0.15, -0.1) is 0 Å². The van der Waals surface area contributed by atoms with E-state index in [0.717, 1.165) is 11.1 Å². The Labute approximate surface area is 117 Å². The van der Waals surface area contributed by atoms with Crippen molar-refractivity contribution in [2.24, 2.45) is 4.99 Å². The van der Waals surface area contributed by atoms with E-state index in [1.807, 2.05) is 55.5 Å². The minimum Gasteiger partial charge on any atom is -0.211 e. The predicted molar refractivity (Wildman–Crippen MR) is 77.2 cm³/mol. The van der Waals surface area contributed by atoms with Gasteiger partial charge in [0, 0.05) is 5.02 Å². The molecule has 0 amide bonds. The van der Waals surface area contributed by atoms with Crippen molar-refractivity contribution in [1.82, 2.24) is 0 Å². The molecule has 0 aliphatic carbocycles. The Morgan fingerprint density at radius 1 is 1.21 bits per heavy atom. The van der Waals surface area contributed by atoms with Crippen molar-refractivity contribution in [1.29, 1.82) is 0 Å². The summed E-state index contributed by atoms with van der Waals surface area (Å²) in [6, 6.07) is 15.4. The van der Waals surface area contributed by atoms with Gasteiger partial charge in [0.15, 0.2) is 0 Å². The number of hydrogen-bond donors (Lipinski definition) is 0. The van der Waals surface area contributed by atoms with Crippen molar-refractivity contribution in [2.75, 3.05) is 0 Å². The number of rotatable bonds is 4. The molecule has 2 aromatic rings. The van der Waals surface area contributed by atoms with Gasteiger partial charge in [0.1, 0.15) is 0 Å². The Bertz CT molecular complexity index is 600. The zero-order valence-corrected chi connectivity index (χ0v) is 11.4. The first kappa shape index (κ1) is 13.5. The summed E-state index contributed by atoms with van der Waals surface area (Å²) in [4.78, 5) is 14.5. The third kappa shape index (κ3) is 3.78. The van der Waals surface area contributed by atoms with Gasteiger partial charge in [-0.2, -0.15) is 4.99 Å². The number of aryl methyl sites for hydroxylation is 1. The van der Waals surface area contributed by atoms with E-state index in [1.165, 1.54) is 5.56 Å². The van der Waals surface area contributed by atoms with Crippen LogP contribution in [0, 0.1) is 6.92 Å². The van der Waals surface area contributed by atoms with Crippen molar-refractivity contribution in [3.05, 3.63) is 70.2 Å². The maximum Gasteiger partial charge on any atom is 0.235 e. The molecule has 0 heterocycles. The van der Waals surface area contributed by atoms with Crippen LogP contribution in [-0.4, -0.2) is 6.08 Å².